The van der Waals surface area contributed by atoms with Crippen LogP contribution in [0.3, 0.4) is 0 Å². The maximum absolute atomic E-state index is 12.8. The highest BCUT2D eigenvalue weighted by atomic mass is 16.5. The van der Waals surface area contributed by atoms with E-state index < -0.39 is 0 Å². The van der Waals surface area contributed by atoms with E-state index in [1.807, 2.05) is 41.3 Å². The Hall–Kier alpha value is -3.49. The molecule has 0 saturated carbocycles. The lowest BCUT2D eigenvalue weighted by Crippen LogP contribution is -2.49. The second kappa shape index (κ2) is 9.34. The van der Waals surface area contributed by atoms with Crippen molar-refractivity contribution in [1.82, 2.24) is 29.9 Å². The number of nitrogens with zero attached hydrogens (tertiary/aromatic N) is 7. The normalized spacial score (nSPS) is 14.0. The zero-order valence-electron chi connectivity index (χ0n) is 17.0. The van der Waals surface area contributed by atoms with E-state index in [1.54, 1.807) is 11.0 Å². The number of piperazine rings is 1. The Balaban J connectivity index is 1.31. The van der Waals surface area contributed by atoms with E-state index in [2.05, 4.69) is 32.1 Å². The lowest BCUT2D eigenvalue weighted by Gasteiger charge is -2.35. The topological polar surface area (TPSA) is 89.3 Å². The molecule has 0 unspecified atom stereocenters. The van der Waals surface area contributed by atoms with Gasteiger partial charge < -0.3 is 14.5 Å². The number of unbranched alkanes of at least 4 members (excludes halogenated alkanes) is 1. The van der Waals surface area contributed by atoms with Crippen molar-refractivity contribution in [3.05, 3.63) is 54.6 Å². The summed E-state index contributed by atoms with van der Waals surface area (Å²) in [6.07, 6.45) is 5.16. The number of carbonyl (C=O) groups excluding carboxylic acids is 1. The Kier molecular flexibility index (Phi) is 6.17. The van der Waals surface area contributed by atoms with Crippen molar-refractivity contribution >= 4 is 11.7 Å². The Morgan fingerprint density at radius 3 is 2.37 bits per heavy atom. The molecule has 1 fully saturated rings. The van der Waals surface area contributed by atoms with Gasteiger partial charge in [0.15, 0.2) is 11.6 Å². The summed E-state index contributed by atoms with van der Waals surface area (Å²) < 4.78 is 7.23. The van der Waals surface area contributed by atoms with E-state index in [1.165, 1.54) is 6.33 Å². The number of benzene rings is 1. The van der Waals surface area contributed by atoms with Crippen molar-refractivity contribution < 1.29 is 9.53 Å². The van der Waals surface area contributed by atoms with Gasteiger partial charge in [-0.3, -0.25) is 4.79 Å². The van der Waals surface area contributed by atoms with Crippen molar-refractivity contribution in [1.29, 1.82) is 0 Å². The average molecular weight is 407 g/mol. The van der Waals surface area contributed by atoms with E-state index >= 15 is 0 Å². The summed E-state index contributed by atoms with van der Waals surface area (Å²) in [4.78, 5) is 20.7. The summed E-state index contributed by atoms with van der Waals surface area (Å²) >= 11 is 0. The zero-order chi connectivity index (χ0) is 20.8. The van der Waals surface area contributed by atoms with Crippen LogP contribution in [0.15, 0.2) is 49.1 Å². The van der Waals surface area contributed by atoms with Gasteiger partial charge in [-0.2, -0.15) is 5.10 Å². The molecule has 3 aromatic rings. The van der Waals surface area contributed by atoms with Gasteiger partial charge in [0.2, 0.25) is 0 Å². The number of rotatable bonds is 7. The number of amides is 1. The van der Waals surface area contributed by atoms with E-state index in [0.29, 0.717) is 44.2 Å². The van der Waals surface area contributed by atoms with Crippen molar-refractivity contribution in [3.8, 4) is 11.6 Å². The molecule has 9 heteroatoms. The van der Waals surface area contributed by atoms with Crippen molar-refractivity contribution in [3.63, 3.8) is 0 Å². The summed E-state index contributed by atoms with van der Waals surface area (Å²) in [5.41, 5.74) is 0.684. The molecular weight excluding hydrogens is 382 g/mol. The lowest BCUT2D eigenvalue weighted by atomic mass is 10.1. The first-order chi connectivity index (χ1) is 14.7. The summed E-state index contributed by atoms with van der Waals surface area (Å²) in [6.45, 7) is 5.53. The summed E-state index contributed by atoms with van der Waals surface area (Å²) in [6, 6.07) is 11.2. The van der Waals surface area contributed by atoms with Crippen LogP contribution in [0.5, 0.6) is 5.75 Å². The predicted molar refractivity (Wildman–Crippen MR) is 112 cm³/mol. The molecule has 0 bridgehead atoms. The highest BCUT2D eigenvalue weighted by Crippen LogP contribution is 2.17. The van der Waals surface area contributed by atoms with Gasteiger partial charge in [-0.05, 0) is 42.8 Å². The molecule has 0 N–H and O–H groups in total. The first-order valence-electron chi connectivity index (χ1n) is 10.2. The van der Waals surface area contributed by atoms with Gasteiger partial charge in [0.05, 0.1) is 6.61 Å². The van der Waals surface area contributed by atoms with Crippen molar-refractivity contribution in [2.24, 2.45) is 0 Å². The largest absolute Gasteiger partial charge is 0.494 e. The fourth-order valence-corrected chi connectivity index (χ4v) is 3.28. The van der Waals surface area contributed by atoms with Crippen LogP contribution in [0, 0.1) is 0 Å². The van der Waals surface area contributed by atoms with Crippen LogP contribution < -0.4 is 9.64 Å². The third-order valence-corrected chi connectivity index (χ3v) is 5.05. The number of hydrogen-bond acceptors (Lipinski definition) is 7. The van der Waals surface area contributed by atoms with Crippen LogP contribution in [0.25, 0.3) is 5.82 Å². The van der Waals surface area contributed by atoms with Gasteiger partial charge in [-0.15, -0.1) is 10.2 Å². The number of anilines is 1. The van der Waals surface area contributed by atoms with E-state index in [-0.39, 0.29) is 5.91 Å². The summed E-state index contributed by atoms with van der Waals surface area (Å²) in [5.74, 6) is 2.26. The van der Waals surface area contributed by atoms with Gasteiger partial charge in [0.25, 0.3) is 5.91 Å². The second-order valence-electron chi connectivity index (χ2n) is 7.10. The molecule has 30 heavy (non-hydrogen) atoms. The van der Waals surface area contributed by atoms with Crippen molar-refractivity contribution in [2.45, 2.75) is 19.8 Å². The van der Waals surface area contributed by atoms with Crippen LogP contribution >= 0.6 is 0 Å². The molecule has 0 atom stereocenters. The zero-order valence-corrected chi connectivity index (χ0v) is 17.0. The maximum Gasteiger partial charge on any atom is 0.253 e. The Bertz CT molecular complexity index is 935. The molecule has 1 amide bonds. The van der Waals surface area contributed by atoms with Gasteiger partial charge in [0.1, 0.15) is 18.4 Å². The monoisotopic (exact) mass is 407 g/mol. The van der Waals surface area contributed by atoms with Gasteiger partial charge in [-0.1, -0.05) is 13.3 Å². The molecular formula is C21H25N7O2. The molecule has 1 aliphatic heterocycles. The van der Waals surface area contributed by atoms with Gasteiger partial charge >= 0.3 is 0 Å². The first kappa shape index (κ1) is 19.8. The highest BCUT2D eigenvalue weighted by Gasteiger charge is 2.23. The Morgan fingerprint density at radius 1 is 1.00 bits per heavy atom. The van der Waals surface area contributed by atoms with Gasteiger partial charge in [-0.25, -0.2) is 9.67 Å². The molecule has 0 aliphatic carbocycles. The second-order valence-corrected chi connectivity index (χ2v) is 7.10. The summed E-state index contributed by atoms with van der Waals surface area (Å²) in [5, 5.41) is 12.6. The molecule has 4 rings (SSSR count). The van der Waals surface area contributed by atoms with Crippen LogP contribution in [-0.2, 0) is 0 Å². The van der Waals surface area contributed by atoms with Crippen LogP contribution in [0.4, 0.5) is 5.82 Å². The fourth-order valence-electron chi connectivity index (χ4n) is 3.28. The molecule has 0 radical (unpaired) electrons. The molecule has 1 aromatic carbocycles. The molecule has 9 nitrogen and oxygen atoms in total. The molecule has 1 saturated heterocycles. The quantitative estimate of drug-likeness (QED) is 0.555. The van der Waals surface area contributed by atoms with Crippen molar-refractivity contribution in [2.75, 3.05) is 37.7 Å². The lowest BCUT2D eigenvalue weighted by molar-refractivity contribution is 0.0746. The third-order valence-electron chi connectivity index (χ3n) is 5.05. The minimum atomic E-state index is 0.0439. The number of carbonyl (C=O) groups is 1. The molecule has 0 spiro atoms. The van der Waals surface area contributed by atoms with Crippen LogP contribution in [-0.4, -0.2) is 68.6 Å². The summed E-state index contributed by atoms with van der Waals surface area (Å²) in [7, 11) is 0. The number of ether oxygens (including phenoxy) is 1. The van der Waals surface area contributed by atoms with Crippen LogP contribution in [0.2, 0.25) is 0 Å². The van der Waals surface area contributed by atoms with E-state index in [4.69, 9.17) is 4.74 Å². The molecule has 1 aliphatic rings. The maximum atomic E-state index is 12.8. The molecule has 3 heterocycles. The molecule has 2 aromatic heterocycles. The fraction of sp³-hybridized carbons (Fsp3) is 0.381. The first-order valence-corrected chi connectivity index (χ1v) is 10.2. The Morgan fingerprint density at radius 2 is 1.73 bits per heavy atom. The van der Waals surface area contributed by atoms with E-state index in [0.717, 1.165) is 24.4 Å². The van der Waals surface area contributed by atoms with Crippen LogP contribution in [0.1, 0.15) is 30.1 Å². The highest BCUT2D eigenvalue weighted by molar-refractivity contribution is 5.94. The van der Waals surface area contributed by atoms with E-state index in [9.17, 15) is 4.79 Å². The Labute approximate surface area is 175 Å². The minimum absolute atomic E-state index is 0.0439. The SMILES string of the molecule is CCCCOc1ccc(C(=O)N2CCN(c3ccc(-n4cncn4)nn3)CC2)cc1. The molecule has 156 valence electrons. The predicted octanol–water partition coefficient (Wildman–Crippen LogP) is 2.20. The van der Waals surface area contributed by atoms with Gasteiger partial charge in [0, 0.05) is 31.7 Å². The number of hydrogen-bond donors (Lipinski definition) is 0. The third kappa shape index (κ3) is 4.56. The number of aromatic nitrogens is 5. The minimum Gasteiger partial charge on any atom is -0.494 e. The smallest absolute Gasteiger partial charge is 0.253 e. The average Bonchev–Trinajstić information content (AvgIpc) is 3.35. The standard InChI is InChI=1S/C21H25N7O2/c1-2-3-14-30-18-6-4-17(5-7-18)21(29)27-12-10-26(11-13-27)19-8-9-20(25-24-19)28-16-22-15-23-28/h4-9,15-16H,2-3,10-14H2,1H3.